The van der Waals surface area contributed by atoms with Crippen LogP contribution in [0, 0.1) is 30.6 Å². The van der Waals surface area contributed by atoms with E-state index in [4.69, 9.17) is 23.2 Å². The number of rotatable bonds is 4. The Labute approximate surface area is 177 Å². The monoisotopic (exact) mass is 438 g/mol. The van der Waals surface area contributed by atoms with Gasteiger partial charge in [0, 0.05) is 15.5 Å². The summed E-state index contributed by atoms with van der Waals surface area (Å²) in [6, 6.07) is 5.21. The van der Waals surface area contributed by atoms with Gasteiger partial charge in [-0.25, -0.2) is 4.98 Å². The number of halogens is 2. The van der Waals surface area contributed by atoms with E-state index in [1.165, 1.54) is 11.3 Å². The molecule has 2 aromatic rings. The fourth-order valence-electron chi connectivity index (χ4n) is 4.75. The van der Waals surface area contributed by atoms with Crippen LogP contribution in [0.15, 0.2) is 18.2 Å². The van der Waals surface area contributed by atoms with Crippen molar-refractivity contribution >= 4 is 51.5 Å². The Kier molecular flexibility index (Phi) is 5.38. The molecule has 8 heteroatoms. The van der Waals surface area contributed by atoms with E-state index in [1.54, 1.807) is 18.2 Å². The molecule has 3 fully saturated rings. The number of fused-ring (bicyclic) bond motifs is 3. The van der Waals surface area contributed by atoms with Crippen molar-refractivity contribution in [1.82, 2.24) is 4.98 Å². The molecule has 2 bridgehead atoms. The largest absolute Gasteiger partial charge is 0.481 e. The van der Waals surface area contributed by atoms with Gasteiger partial charge in [-0.1, -0.05) is 23.2 Å². The van der Waals surface area contributed by atoms with Gasteiger partial charge in [-0.3, -0.25) is 9.59 Å². The molecule has 2 atom stereocenters. The maximum atomic E-state index is 13.0. The molecular formula is C20H20Cl2N2O3S. The summed E-state index contributed by atoms with van der Waals surface area (Å²) in [5.41, 5.74) is 1.45. The number of thiazole rings is 1. The molecule has 3 aliphatic rings. The predicted molar refractivity (Wildman–Crippen MR) is 111 cm³/mol. The molecule has 1 aromatic heterocycles. The molecule has 0 saturated heterocycles. The van der Waals surface area contributed by atoms with E-state index >= 15 is 0 Å². The van der Waals surface area contributed by atoms with Gasteiger partial charge in [0.2, 0.25) is 5.91 Å². The molecule has 0 spiro atoms. The van der Waals surface area contributed by atoms with Gasteiger partial charge in [0.25, 0.3) is 0 Å². The van der Waals surface area contributed by atoms with Crippen LogP contribution in [0.3, 0.4) is 0 Å². The van der Waals surface area contributed by atoms with Crippen LogP contribution in [0.5, 0.6) is 0 Å². The fourth-order valence-corrected chi connectivity index (χ4v) is 6.08. The lowest BCUT2D eigenvalue weighted by atomic mass is 9.58. The Balaban J connectivity index is 1.58. The third kappa shape index (κ3) is 3.53. The highest BCUT2D eigenvalue weighted by Gasteiger charge is 2.50. The van der Waals surface area contributed by atoms with Crippen molar-refractivity contribution < 1.29 is 14.7 Å². The van der Waals surface area contributed by atoms with Gasteiger partial charge < -0.3 is 10.4 Å². The normalized spacial score (nSPS) is 26.2. The minimum Gasteiger partial charge on any atom is -0.481 e. The van der Waals surface area contributed by atoms with Crippen LogP contribution < -0.4 is 5.32 Å². The van der Waals surface area contributed by atoms with Gasteiger partial charge in [0.05, 0.1) is 22.6 Å². The van der Waals surface area contributed by atoms with E-state index < -0.39 is 17.8 Å². The summed E-state index contributed by atoms with van der Waals surface area (Å²) in [6.07, 6.45) is 3.66. The van der Waals surface area contributed by atoms with Crippen molar-refractivity contribution in [2.24, 2.45) is 23.7 Å². The molecule has 28 heavy (non-hydrogen) atoms. The van der Waals surface area contributed by atoms with E-state index in [9.17, 15) is 14.7 Å². The van der Waals surface area contributed by atoms with E-state index in [0.29, 0.717) is 20.9 Å². The standard InChI is InChI=1S/C20H20Cl2N2O3S/c1-9-17(13-7-6-12(21)8-14(13)22)23-20(28-9)24-18(25)15-10-2-4-11(5-3-10)16(15)19(26)27/h6-8,10-11,15-16H,2-5H2,1H3,(H,26,27)(H,23,24,25)/t10?,11?,15-,16+/m1/s1. The van der Waals surface area contributed by atoms with E-state index in [2.05, 4.69) is 10.3 Å². The molecule has 2 N–H and O–H groups in total. The Morgan fingerprint density at radius 1 is 1.14 bits per heavy atom. The van der Waals surface area contributed by atoms with Crippen LogP contribution >= 0.6 is 34.5 Å². The van der Waals surface area contributed by atoms with E-state index in [-0.39, 0.29) is 17.7 Å². The number of nitrogens with zero attached hydrogens (tertiary/aromatic N) is 1. The summed E-state index contributed by atoms with van der Waals surface area (Å²) in [4.78, 5) is 30.3. The molecule has 5 nitrogen and oxygen atoms in total. The number of anilines is 1. The molecule has 1 heterocycles. The molecule has 0 unspecified atom stereocenters. The molecular weight excluding hydrogens is 419 g/mol. The first-order valence-corrected chi connectivity index (χ1v) is 10.9. The Bertz CT molecular complexity index is 938. The van der Waals surface area contributed by atoms with Crippen molar-refractivity contribution in [2.75, 3.05) is 5.32 Å². The zero-order chi connectivity index (χ0) is 20.0. The van der Waals surface area contributed by atoms with E-state index in [0.717, 1.165) is 36.1 Å². The van der Waals surface area contributed by atoms with Crippen LogP contribution in [-0.2, 0) is 9.59 Å². The van der Waals surface area contributed by atoms with Gasteiger partial charge in [-0.15, -0.1) is 11.3 Å². The zero-order valence-corrected chi connectivity index (χ0v) is 17.6. The first kappa shape index (κ1) is 19.7. The van der Waals surface area contributed by atoms with Gasteiger partial charge in [-0.2, -0.15) is 0 Å². The van der Waals surface area contributed by atoms with Crippen LogP contribution in [-0.4, -0.2) is 22.0 Å². The first-order chi connectivity index (χ1) is 13.3. The van der Waals surface area contributed by atoms with Crippen molar-refractivity contribution in [2.45, 2.75) is 32.6 Å². The molecule has 5 rings (SSSR count). The van der Waals surface area contributed by atoms with Gasteiger partial charge in [0.15, 0.2) is 5.13 Å². The maximum Gasteiger partial charge on any atom is 0.307 e. The minimum atomic E-state index is -0.862. The lowest BCUT2D eigenvalue weighted by Gasteiger charge is -2.45. The second kappa shape index (κ2) is 7.65. The van der Waals surface area contributed by atoms with Crippen molar-refractivity contribution in [3.8, 4) is 11.3 Å². The summed E-state index contributed by atoms with van der Waals surface area (Å²) in [7, 11) is 0. The number of aliphatic carboxylic acids is 1. The van der Waals surface area contributed by atoms with Crippen LogP contribution in [0.4, 0.5) is 5.13 Å². The average Bonchev–Trinajstić information content (AvgIpc) is 3.01. The van der Waals surface area contributed by atoms with Gasteiger partial charge >= 0.3 is 5.97 Å². The summed E-state index contributed by atoms with van der Waals surface area (Å²) >= 11 is 13.6. The van der Waals surface area contributed by atoms with Gasteiger partial charge in [-0.05, 0) is 62.6 Å². The third-order valence-corrected chi connectivity index (χ3v) is 7.45. The molecule has 3 saturated carbocycles. The quantitative estimate of drug-likeness (QED) is 0.659. The lowest BCUT2D eigenvalue weighted by molar-refractivity contribution is -0.156. The van der Waals surface area contributed by atoms with Gasteiger partial charge in [0.1, 0.15) is 0 Å². The molecule has 1 amide bonds. The highest BCUT2D eigenvalue weighted by Crippen LogP contribution is 2.49. The summed E-state index contributed by atoms with van der Waals surface area (Å²) in [5, 5.41) is 14.1. The Hall–Kier alpha value is -1.63. The first-order valence-electron chi connectivity index (χ1n) is 9.31. The van der Waals surface area contributed by atoms with Crippen molar-refractivity contribution in [1.29, 1.82) is 0 Å². The number of benzene rings is 1. The highest BCUT2D eigenvalue weighted by atomic mass is 35.5. The minimum absolute atomic E-state index is 0.0970. The summed E-state index contributed by atoms with van der Waals surface area (Å²) < 4.78 is 0. The third-order valence-electron chi connectivity index (χ3n) is 6.02. The van der Waals surface area contributed by atoms with Crippen LogP contribution in [0.1, 0.15) is 30.6 Å². The number of aromatic nitrogens is 1. The maximum absolute atomic E-state index is 13.0. The Morgan fingerprint density at radius 3 is 2.39 bits per heavy atom. The molecule has 0 radical (unpaired) electrons. The zero-order valence-electron chi connectivity index (χ0n) is 15.2. The molecule has 3 aliphatic carbocycles. The van der Waals surface area contributed by atoms with Crippen LogP contribution in [0.25, 0.3) is 11.3 Å². The number of carboxylic acids is 1. The number of nitrogens with one attached hydrogen (secondary N) is 1. The summed E-state index contributed by atoms with van der Waals surface area (Å²) in [6.45, 7) is 1.91. The molecule has 1 aromatic carbocycles. The number of hydrogen-bond donors (Lipinski definition) is 2. The predicted octanol–water partition coefficient (Wildman–Crippen LogP) is 5.50. The lowest BCUT2D eigenvalue weighted by Crippen LogP contribution is -2.49. The number of amides is 1. The number of carboxylic acid groups (broad SMARTS) is 1. The second-order valence-electron chi connectivity index (χ2n) is 7.60. The SMILES string of the molecule is Cc1sc(NC(=O)[C@@H]2C3CCC(CC3)[C@@H]2C(=O)O)nc1-c1ccc(Cl)cc1Cl. The number of hydrogen-bond acceptors (Lipinski definition) is 4. The highest BCUT2D eigenvalue weighted by molar-refractivity contribution is 7.16. The number of carbonyl (C=O) groups excluding carboxylic acids is 1. The number of carbonyl (C=O) groups is 2. The second-order valence-corrected chi connectivity index (χ2v) is 9.65. The fraction of sp³-hybridized carbons (Fsp3) is 0.450. The molecule has 0 aliphatic heterocycles. The Morgan fingerprint density at radius 2 is 1.79 bits per heavy atom. The number of aryl methyl sites for hydroxylation is 1. The van der Waals surface area contributed by atoms with Crippen molar-refractivity contribution in [3.63, 3.8) is 0 Å². The molecule has 148 valence electrons. The van der Waals surface area contributed by atoms with E-state index in [1.807, 2.05) is 6.92 Å². The average molecular weight is 439 g/mol. The topological polar surface area (TPSA) is 79.3 Å². The van der Waals surface area contributed by atoms with Crippen molar-refractivity contribution in [3.05, 3.63) is 33.1 Å². The van der Waals surface area contributed by atoms with Crippen LogP contribution in [0.2, 0.25) is 10.0 Å². The smallest absolute Gasteiger partial charge is 0.307 e. The summed E-state index contributed by atoms with van der Waals surface area (Å²) in [5.74, 6) is -1.95.